The fourth-order valence-electron chi connectivity index (χ4n) is 2.97. The van der Waals surface area contributed by atoms with E-state index in [-0.39, 0.29) is 0 Å². The average molecular weight is 361 g/mol. The van der Waals surface area contributed by atoms with Gasteiger partial charge in [0.05, 0.1) is 0 Å². The first-order valence-corrected chi connectivity index (χ1v) is 8.49. The number of aromatic hydroxyl groups is 1. The second-order valence-electron chi connectivity index (χ2n) is 5.88. The summed E-state index contributed by atoms with van der Waals surface area (Å²) in [6.45, 7) is 4.06. The van der Waals surface area contributed by atoms with Crippen LogP contribution in [0, 0.1) is 5.92 Å². The van der Waals surface area contributed by atoms with Crippen LogP contribution in [-0.2, 0) is 6.54 Å². The van der Waals surface area contributed by atoms with Crippen molar-refractivity contribution in [1.82, 2.24) is 5.32 Å². The van der Waals surface area contributed by atoms with Crippen LogP contribution in [0.3, 0.4) is 0 Å². The minimum absolute atomic E-state index is 0.335. The van der Waals surface area contributed by atoms with E-state index in [0.29, 0.717) is 11.7 Å². The average Bonchev–Trinajstić information content (AvgIpc) is 2.97. The molecule has 2 N–H and O–H groups in total. The molecule has 3 nitrogen and oxygen atoms in total. The van der Waals surface area contributed by atoms with E-state index in [1.54, 1.807) is 6.07 Å². The molecule has 1 heterocycles. The van der Waals surface area contributed by atoms with Crippen molar-refractivity contribution in [3.8, 4) is 5.75 Å². The minimum atomic E-state index is 0.335. The van der Waals surface area contributed by atoms with Gasteiger partial charge in [0, 0.05) is 36.3 Å². The molecular formula is C18H21BrN2O. The van der Waals surface area contributed by atoms with Crippen LogP contribution < -0.4 is 10.2 Å². The van der Waals surface area contributed by atoms with Gasteiger partial charge in [-0.2, -0.15) is 0 Å². The molecule has 1 unspecified atom stereocenters. The van der Waals surface area contributed by atoms with Crippen LogP contribution in [0.5, 0.6) is 5.75 Å². The Kier molecular flexibility index (Phi) is 5.01. The lowest BCUT2D eigenvalue weighted by atomic mass is 10.1. The van der Waals surface area contributed by atoms with Crippen molar-refractivity contribution in [2.24, 2.45) is 5.92 Å². The molecule has 1 saturated heterocycles. The van der Waals surface area contributed by atoms with Crippen LogP contribution in [-0.4, -0.2) is 24.7 Å². The number of phenolic OH excluding ortho intramolecular Hbond substituents is 1. The molecule has 0 spiro atoms. The Morgan fingerprint density at radius 1 is 1.18 bits per heavy atom. The molecule has 1 aliphatic heterocycles. The predicted molar refractivity (Wildman–Crippen MR) is 94.3 cm³/mol. The standard InChI is InChI=1S/C18H21BrN2O/c19-16-4-6-17(7-5-16)21-9-8-15(13-21)12-20-11-14-2-1-3-18(22)10-14/h1-7,10,15,20,22H,8-9,11-13H2. The summed E-state index contributed by atoms with van der Waals surface area (Å²) < 4.78 is 1.12. The highest BCUT2D eigenvalue weighted by Crippen LogP contribution is 2.25. The third-order valence-electron chi connectivity index (χ3n) is 4.15. The first-order chi connectivity index (χ1) is 10.7. The van der Waals surface area contributed by atoms with Crippen molar-refractivity contribution in [3.63, 3.8) is 0 Å². The summed E-state index contributed by atoms with van der Waals surface area (Å²) in [6, 6.07) is 16.0. The summed E-state index contributed by atoms with van der Waals surface area (Å²) in [4.78, 5) is 2.45. The summed E-state index contributed by atoms with van der Waals surface area (Å²) in [7, 11) is 0. The lowest BCUT2D eigenvalue weighted by Gasteiger charge is -2.19. The Morgan fingerprint density at radius 2 is 2.00 bits per heavy atom. The van der Waals surface area contributed by atoms with E-state index in [0.717, 1.165) is 36.2 Å². The molecule has 3 rings (SSSR count). The van der Waals surface area contributed by atoms with Crippen molar-refractivity contribution < 1.29 is 5.11 Å². The number of halogens is 1. The van der Waals surface area contributed by atoms with Gasteiger partial charge in [0.2, 0.25) is 0 Å². The van der Waals surface area contributed by atoms with Gasteiger partial charge in [-0.15, -0.1) is 0 Å². The van der Waals surface area contributed by atoms with Gasteiger partial charge in [-0.1, -0.05) is 28.1 Å². The zero-order valence-corrected chi connectivity index (χ0v) is 14.1. The number of phenols is 1. The van der Waals surface area contributed by atoms with Gasteiger partial charge < -0.3 is 15.3 Å². The van der Waals surface area contributed by atoms with Gasteiger partial charge in [0.1, 0.15) is 5.75 Å². The summed E-state index contributed by atoms with van der Waals surface area (Å²) in [6.07, 6.45) is 1.23. The van der Waals surface area contributed by atoms with Crippen LogP contribution in [0.25, 0.3) is 0 Å². The Morgan fingerprint density at radius 3 is 2.77 bits per heavy atom. The van der Waals surface area contributed by atoms with E-state index in [2.05, 4.69) is 50.4 Å². The minimum Gasteiger partial charge on any atom is -0.508 e. The van der Waals surface area contributed by atoms with Crippen LogP contribution in [0.2, 0.25) is 0 Å². The van der Waals surface area contributed by atoms with Crippen molar-refractivity contribution in [3.05, 3.63) is 58.6 Å². The lowest BCUT2D eigenvalue weighted by molar-refractivity contribution is 0.473. The van der Waals surface area contributed by atoms with Crippen molar-refractivity contribution >= 4 is 21.6 Å². The van der Waals surface area contributed by atoms with Gasteiger partial charge >= 0.3 is 0 Å². The number of anilines is 1. The topological polar surface area (TPSA) is 35.5 Å². The summed E-state index contributed by atoms with van der Waals surface area (Å²) in [5.41, 5.74) is 2.43. The van der Waals surface area contributed by atoms with E-state index in [4.69, 9.17) is 0 Å². The number of nitrogens with zero attached hydrogens (tertiary/aromatic N) is 1. The SMILES string of the molecule is Oc1cccc(CNCC2CCN(c3ccc(Br)cc3)C2)c1. The van der Waals surface area contributed by atoms with Crippen LogP contribution in [0.15, 0.2) is 53.0 Å². The van der Waals surface area contributed by atoms with Crippen LogP contribution in [0.4, 0.5) is 5.69 Å². The van der Waals surface area contributed by atoms with E-state index in [9.17, 15) is 5.11 Å². The Bertz CT molecular complexity index is 615. The van der Waals surface area contributed by atoms with Crippen molar-refractivity contribution in [2.45, 2.75) is 13.0 Å². The molecule has 2 aromatic carbocycles. The Balaban J connectivity index is 1.46. The second-order valence-corrected chi connectivity index (χ2v) is 6.79. The zero-order valence-electron chi connectivity index (χ0n) is 12.5. The van der Waals surface area contributed by atoms with Gasteiger partial charge in [-0.3, -0.25) is 0 Å². The van der Waals surface area contributed by atoms with Crippen LogP contribution in [0.1, 0.15) is 12.0 Å². The third kappa shape index (κ3) is 4.02. The highest BCUT2D eigenvalue weighted by molar-refractivity contribution is 9.10. The molecule has 0 radical (unpaired) electrons. The molecule has 116 valence electrons. The van der Waals surface area contributed by atoms with E-state index < -0.39 is 0 Å². The maximum absolute atomic E-state index is 9.47. The van der Waals surface area contributed by atoms with Gasteiger partial charge in [0.25, 0.3) is 0 Å². The summed E-state index contributed by atoms with van der Waals surface area (Å²) in [5, 5.41) is 13.0. The van der Waals surface area contributed by atoms with Gasteiger partial charge in [0.15, 0.2) is 0 Å². The summed E-state index contributed by atoms with van der Waals surface area (Å²) >= 11 is 3.48. The molecule has 22 heavy (non-hydrogen) atoms. The largest absolute Gasteiger partial charge is 0.508 e. The number of rotatable bonds is 5. The molecular weight excluding hydrogens is 340 g/mol. The Labute approximate surface area is 140 Å². The van der Waals surface area contributed by atoms with Crippen molar-refractivity contribution in [1.29, 1.82) is 0 Å². The maximum atomic E-state index is 9.47. The predicted octanol–water partition coefficient (Wildman–Crippen LogP) is 3.77. The van der Waals surface area contributed by atoms with E-state index >= 15 is 0 Å². The number of nitrogens with one attached hydrogen (secondary N) is 1. The van der Waals surface area contributed by atoms with Gasteiger partial charge in [-0.25, -0.2) is 0 Å². The highest BCUT2D eigenvalue weighted by atomic mass is 79.9. The van der Waals surface area contributed by atoms with Crippen LogP contribution >= 0.6 is 15.9 Å². The molecule has 1 atom stereocenters. The first kappa shape index (κ1) is 15.4. The molecule has 0 saturated carbocycles. The molecule has 0 amide bonds. The molecule has 0 aromatic heterocycles. The zero-order chi connectivity index (χ0) is 15.4. The number of hydrogen-bond donors (Lipinski definition) is 2. The maximum Gasteiger partial charge on any atom is 0.115 e. The fraction of sp³-hybridized carbons (Fsp3) is 0.333. The number of hydrogen-bond acceptors (Lipinski definition) is 3. The highest BCUT2D eigenvalue weighted by Gasteiger charge is 2.22. The monoisotopic (exact) mass is 360 g/mol. The molecule has 1 aliphatic rings. The van der Waals surface area contributed by atoms with E-state index in [1.807, 2.05) is 18.2 Å². The fourth-order valence-corrected chi connectivity index (χ4v) is 3.24. The second kappa shape index (κ2) is 7.16. The third-order valence-corrected chi connectivity index (χ3v) is 4.68. The lowest BCUT2D eigenvalue weighted by Crippen LogP contribution is -2.26. The smallest absolute Gasteiger partial charge is 0.115 e. The van der Waals surface area contributed by atoms with Gasteiger partial charge in [-0.05, 0) is 54.3 Å². The molecule has 4 heteroatoms. The Hall–Kier alpha value is -1.52. The first-order valence-electron chi connectivity index (χ1n) is 7.70. The quantitative estimate of drug-likeness (QED) is 0.851. The molecule has 1 fully saturated rings. The molecule has 2 aromatic rings. The summed E-state index contributed by atoms with van der Waals surface area (Å²) in [5.74, 6) is 1.02. The normalized spacial score (nSPS) is 17.9. The van der Waals surface area contributed by atoms with Crippen molar-refractivity contribution in [2.75, 3.05) is 24.5 Å². The molecule has 0 bridgehead atoms. The van der Waals surface area contributed by atoms with E-state index in [1.165, 1.54) is 12.1 Å². The number of benzene rings is 2. The molecule has 0 aliphatic carbocycles.